The zero-order valence-electron chi connectivity index (χ0n) is 19.5. The standard InChI is InChI=1S/C25H25F3N4O4/c1-16-21(17-12-22(32-5-8-35-9-6-32)24(30-14-17)36-10-7-33)11-18(15-29-16)23(34)31-20-4-2-3-19(13-20)25(26,27)28/h2-4,11-15,33H,5-10H2,1H3,(H,31,34). The minimum Gasteiger partial charge on any atom is -0.474 e. The number of aromatic nitrogens is 2. The first-order chi connectivity index (χ1) is 17.3. The van der Waals surface area contributed by atoms with Gasteiger partial charge in [0.2, 0.25) is 5.88 Å². The number of hydrogen-bond acceptors (Lipinski definition) is 7. The molecule has 2 aromatic heterocycles. The van der Waals surface area contributed by atoms with Gasteiger partial charge in [0, 0.05) is 48.0 Å². The van der Waals surface area contributed by atoms with Gasteiger partial charge in [-0.15, -0.1) is 0 Å². The number of carbonyl (C=O) groups is 1. The highest BCUT2D eigenvalue weighted by molar-refractivity contribution is 6.04. The molecule has 1 aliphatic rings. The van der Waals surface area contributed by atoms with Crippen molar-refractivity contribution in [1.82, 2.24) is 9.97 Å². The van der Waals surface area contributed by atoms with E-state index in [4.69, 9.17) is 14.6 Å². The van der Waals surface area contributed by atoms with Crippen molar-refractivity contribution in [2.75, 3.05) is 49.7 Å². The number of nitrogens with one attached hydrogen (secondary N) is 1. The van der Waals surface area contributed by atoms with Crippen molar-refractivity contribution in [3.05, 3.63) is 65.6 Å². The number of amides is 1. The molecule has 0 aliphatic carbocycles. The third kappa shape index (κ3) is 5.92. The van der Waals surface area contributed by atoms with Crippen molar-refractivity contribution in [3.8, 4) is 17.0 Å². The Kier molecular flexibility index (Phi) is 7.70. The average Bonchev–Trinajstić information content (AvgIpc) is 2.88. The van der Waals surface area contributed by atoms with Crippen LogP contribution in [0.2, 0.25) is 0 Å². The maximum atomic E-state index is 13.0. The van der Waals surface area contributed by atoms with Crippen molar-refractivity contribution in [3.63, 3.8) is 0 Å². The van der Waals surface area contributed by atoms with Gasteiger partial charge in [-0.2, -0.15) is 13.2 Å². The number of aryl methyl sites for hydroxylation is 1. The zero-order chi connectivity index (χ0) is 25.7. The van der Waals surface area contributed by atoms with Crippen LogP contribution in [0.15, 0.2) is 48.8 Å². The lowest BCUT2D eigenvalue weighted by Gasteiger charge is -2.30. The largest absolute Gasteiger partial charge is 0.474 e. The van der Waals surface area contributed by atoms with Crippen molar-refractivity contribution < 1.29 is 32.5 Å². The van der Waals surface area contributed by atoms with Gasteiger partial charge in [-0.3, -0.25) is 9.78 Å². The normalized spacial score (nSPS) is 14.0. The third-order valence-corrected chi connectivity index (χ3v) is 5.62. The predicted molar refractivity (Wildman–Crippen MR) is 127 cm³/mol. The second-order valence-corrected chi connectivity index (χ2v) is 8.11. The molecule has 36 heavy (non-hydrogen) atoms. The van der Waals surface area contributed by atoms with Gasteiger partial charge in [0.15, 0.2) is 0 Å². The number of morpholine rings is 1. The quantitative estimate of drug-likeness (QED) is 0.505. The molecule has 2 N–H and O–H groups in total. The molecule has 0 bridgehead atoms. The Morgan fingerprint density at radius 2 is 1.94 bits per heavy atom. The van der Waals surface area contributed by atoms with E-state index in [9.17, 15) is 18.0 Å². The number of halogens is 3. The Morgan fingerprint density at radius 3 is 2.67 bits per heavy atom. The van der Waals surface area contributed by atoms with Gasteiger partial charge < -0.3 is 24.8 Å². The first-order valence-corrected chi connectivity index (χ1v) is 11.3. The van der Waals surface area contributed by atoms with E-state index < -0.39 is 17.6 Å². The van der Waals surface area contributed by atoms with Gasteiger partial charge in [-0.1, -0.05) is 6.07 Å². The molecule has 0 spiro atoms. The fourth-order valence-corrected chi connectivity index (χ4v) is 3.80. The van der Waals surface area contributed by atoms with E-state index in [0.29, 0.717) is 49.0 Å². The first kappa shape index (κ1) is 25.4. The number of aliphatic hydroxyl groups excluding tert-OH is 1. The number of rotatable bonds is 7. The van der Waals surface area contributed by atoms with Crippen LogP contribution >= 0.6 is 0 Å². The van der Waals surface area contributed by atoms with Crippen LogP contribution in [0.4, 0.5) is 24.5 Å². The molecule has 11 heteroatoms. The summed E-state index contributed by atoms with van der Waals surface area (Å²) < 4.78 is 50.1. The summed E-state index contributed by atoms with van der Waals surface area (Å²) in [5, 5.41) is 11.7. The SMILES string of the molecule is Cc1ncc(C(=O)Nc2cccc(C(F)(F)F)c2)cc1-c1cnc(OCCO)c(N2CCOCC2)c1. The van der Waals surface area contributed by atoms with Crippen LogP contribution in [0, 0.1) is 6.92 Å². The van der Waals surface area contributed by atoms with Crippen molar-refractivity contribution in [2.24, 2.45) is 0 Å². The Labute approximate surface area is 205 Å². The molecule has 1 saturated heterocycles. The third-order valence-electron chi connectivity index (χ3n) is 5.62. The highest BCUT2D eigenvalue weighted by atomic mass is 19.4. The molecule has 8 nitrogen and oxygen atoms in total. The van der Waals surface area contributed by atoms with Crippen LogP contribution in [-0.4, -0.2) is 60.5 Å². The van der Waals surface area contributed by atoms with Gasteiger partial charge >= 0.3 is 6.18 Å². The molecule has 190 valence electrons. The van der Waals surface area contributed by atoms with Gasteiger partial charge in [-0.05, 0) is 37.3 Å². The molecule has 1 aliphatic heterocycles. The molecule has 4 rings (SSSR count). The van der Waals surface area contributed by atoms with Crippen molar-refractivity contribution >= 4 is 17.3 Å². The zero-order valence-corrected chi connectivity index (χ0v) is 19.5. The monoisotopic (exact) mass is 502 g/mol. The minimum atomic E-state index is -4.52. The smallest absolute Gasteiger partial charge is 0.416 e. The highest BCUT2D eigenvalue weighted by Crippen LogP contribution is 2.34. The second kappa shape index (κ2) is 10.9. The van der Waals surface area contributed by atoms with Gasteiger partial charge in [-0.25, -0.2) is 4.98 Å². The molecular weight excluding hydrogens is 477 g/mol. The van der Waals surface area contributed by atoms with E-state index in [-0.39, 0.29) is 24.5 Å². The minimum absolute atomic E-state index is 0.0265. The van der Waals surface area contributed by atoms with E-state index in [2.05, 4.69) is 20.2 Å². The number of pyridine rings is 2. The molecule has 1 fully saturated rings. The summed E-state index contributed by atoms with van der Waals surface area (Å²) in [6, 6.07) is 7.94. The maximum Gasteiger partial charge on any atom is 0.416 e. The topological polar surface area (TPSA) is 96.8 Å². The van der Waals surface area contributed by atoms with E-state index in [1.165, 1.54) is 18.3 Å². The van der Waals surface area contributed by atoms with Crippen LogP contribution in [-0.2, 0) is 10.9 Å². The number of nitrogens with zero attached hydrogens (tertiary/aromatic N) is 3. The summed E-state index contributed by atoms with van der Waals surface area (Å²) in [5.74, 6) is -0.217. The molecular formula is C25H25F3N4O4. The number of carbonyl (C=O) groups excluding carboxylic acids is 1. The predicted octanol–water partition coefficient (Wildman–Crippen LogP) is 3.93. The summed E-state index contributed by atoms with van der Waals surface area (Å²) in [5.41, 5.74) is 2.05. The molecule has 3 heterocycles. The average molecular weight is 502 g/mol. The van der Waals surface area contributed by atoms with Crippen LogP contribution in [0.1, 0.15) is 21.6 Å². The molecule has 1 amide bonds. The Hall–Kier alpha value is -3.70. The molecule has 0 atom stereocenters. The van der Waals surface area contributed by atoms with Gasteiger partial charge in [0.1, 0.15) is 12.3 Å². The maximum absolute atomic E-state index is 13.0. The molecule has 1 aromatic carbocycles. The van der Waals surface area contributed by atoms with E-state index in [0.717, 1.165) is 17.8 Å². The van der Waals surface area contributed by atoms with E-state index in [1.54, 1.807) is 19.2 Å². The number of ether oxygens (including phenoxy) is 2. The van der Waals surface area contributed by atoms with Crippen LogP contribution in [0.25, 0.3) is 11.1 Å². The van der Waals surface area contributed by atoms with Crippen LogP contribution in [0.3, 0.4) is 0 Å². The summed E-state index contributed by atoms with van der Waals surface area (Å²) in [7, 11) is 0. The molecule has 0 saturated carbocycles. The van der Waals surface area contributed by atoms with Crippen molar-refractivity contribution in [2.45, 2.75) is 13.1 Å². The fraction of sp³-hybridized carbons (Fsp3) is 0.320. The fourth-order valence-electron chi connectivity index (χ4n) is 3.80. The number of hydrogen-bond donors (Lipinski definition) is 2. The van der Waals surface area contributed by atoms with Crippen molar-refractivity contribution in [1.29, 1.82) is 0 Å². The molecule has 0 radical (unpaired) electrons. The van der Waals surface area contributed by atoms with Gasteiger partial charge in [0.05, 0.1) is 30.9 Å². The van der Waals surface area contributed by atoms with Crippen LogP contribution in [0.5, 0.6) is 5.88 Å². The lowest BCUT2D eigenvalue weighted by atomic mass is 10.0. The van der Waals surface area contributed by atoms with E-state index >= 15 is 0 Å². The van der Waals surface area contributed by atoms with Gasteiger partial charge in [0.25, 0.3) is 5.91 Å². The molecule has 3 aromatic rings. The number of benzene rings is 1. The Bertz CT molecular complexity index is 1230. The lowest BCUT2D eigenvalue weighted by molar-refractivity contribution is -0.137. The Balaban J connectivity index is 1.63. The summed E-state index contributed by atoms with van der Waals surface area (Å²) >= 11 is 0. The summed E-state index contributed by atoms with van der Waals surface area (Å²) in [6.07, 6.45) is -1.55. The number of alkyl halides is 3. The Morgan fingerprint density at radius 1 is 1.17 bits per heavy atom. The number of aliphatic hydroxyl groups is 1. The highest BCUT2D eigenvalue weighted by Gasteiger charge is 2.30. The summed E-state index contributed by atoms with van der Waals surface area (Å²) in [6.45, 7) is 4.10. The second-order valence-electron chi connectivity index (χ2n) is 8.11. The van der Waals surface area contributed by atoms with E-state index in [1.807, 2.05) is 6.07 Å². The van der Waals surface area contributed by atoms with Crippen LogP contribution < -0.4 is 15.0 Å². The first-order valence-electron chi connectivity index (χ1n) is 11.3. The summed E-state index contributed by atoms with van der Waals surface area (Å²) in [4.78, 5) is 23.7. The molecule has 0 unspecified atom stereocenters. The number of anilines is 2. The lowest BCUT2D eigenvalue weighted by Crippen LogP contribution is -2.36.